The summed E-state index contributed by atoms with van der Waals surface area (Å²) >= 11 is 6.07. The van der Waals surface area contributed by atoms with E-state index in [1.807, 2.05) is 32.9 Å². The Bertz CT molecular complexity index is 2380. The molecule has 3 saturated carbocycles. The van der Waals surface area contributed by atoms with E-state index in [1.165, 1.54) is 6.92 Å². The summed E-state index contributed by atoms with van der Waals surface area (Å²) < 4.78 is 29.6. The summed E-state index contributed by atoms with van der Waals surface area (Å²) in [5.41, 5.74) is 6.52. The van der Waals surface area contributed by atoms with Crippen LogP contribution in [0.4, 0.5) is 9.59 Å². The molecular weight excluding hydrogens is 1010 g/mol. The second-order valence-corrected chi connectivity index (χ2v) is 24.3. The maximum absolute atomic E-state index is 14.3. The third-order valence-electron chi connectivity index (χ3n) is 14.3. The number of hydrogen-bond acceptors (Lipinski definition) is 13. The third kappa shape index (κ3) is 17.8. The first kappa shape index (κ1) is 62.4. The number of alkyl carbamates (subject to hydrolysis) is 2. The van der Waals surface area contributed by atoms with Gasteiger partial charge in [-0.3, -0.25) is 24.0 Å². The molecule has 22 heteroatoms. The minimum absolute atomic E-state index is 0.0413. The summed E-state index contributed by atoms with van der Waals surface area (Å²) in [5.74, 6) is -2.73. The van der Waals surface area contributed by atoms with Crippen molar-refractivity contribution in [2.75, 3.05) is 19.7 Å². The molecular formula is C55H84BClN8O12. The van der Waals surface area contributed by atoms with Crippen molar-refractivity contribution < 1.29 is 57.1 Å². The van der Waals surface area contributed by atoms with Gasteiger partial charge in [0.2, 0.25) is 23.6 Å². The first-order valence-corrected chi connectivity index (χ1v) is 27.3. The van der Waals surface area contributed by atoms with Crippen molar-refractivity contribution in [2.45, 2.75) is 188 Å². The number of ether oxygens (including phenoxy) is 3. The summed E-state index contributed by atoms with van der Waals surface area (Å²) in [4.78, 5) is 95.5. The number of carbonyl (C=O) groups excluding carboxylic acids is 7. The summed E-state index contributed by atoms with van der Waals surface area (Å²) in [5, 5.41) is 19.6. The molecule has 9 N–H and O–H groups in total. The number of nitrogens with two attached hydrogens (primary N) is 1. The molecule has 10 atom stereocenters. The van der Waals surface area contributed by atoms with Crippen molar-refractivity contribution in [2.24, 2.45) is 28.9 Å². The fraction of sp³-hybridized carbons (Fsp3) is 0.655. The summed E-state index contributed by atoms with van der Waals surface area (Å²) in [6, 6.07) is 7.73. The van der Waals surface area contributed by atoms with Gasteiger partial charge >= 0.3 is 19.3 Å². The number of hydrogen-bond donors (Lipinski definition) is 8. The number of nitrogens with one attached hydrogen (secondary N) is 7. The molecule has 1 aliphatic heterocycles. The maximum atomic E-state index is 14.3. The highest BCUT2D eigenvalue weighted by Crippen LogP contribution is 2.65. The molecule has 2 aromatic carbocycles. The van der Waals surface area contributed by atoms with Crippen LogP contribution in [0.15, 0.2) is 48.5 Å². The van der Waals surface area contributed by atoms with Gasteiger partial charge in [0.05, 0.1) is 17.8 Å². The van der Waals surface area contributed by atoms with Crippen LogP contribution in [-0.4, -0.2) is 128 Å². The molecule has 2 bridgehead atoms. The highest BCUT2D eigenvalue weighted by molar-refractivity contribution is 6.47. The van der Waals surface area contributed by atoms with E-state index in [2.05, 4.69) is 51.1 Å². The average Bonchev–Trinajstić information content (AvgIpc) is 3.73. The largest absolute Gasteiger partial charge is 0.497 e. The highest BCUT2D eigenvalue weighted by atomic mass is 35.5. The van der Waals surface area contributed by atoms with E-state index in [0.717, 1.165) is 24.0 Å². The Hall–Kier alpha value is -5.48. The average molecular weight is 1100 g/mol. The van der Waals surface area contributed by atoms with Gasteiger partial charge in [0.1, 0.15) is 41.4 Å². The number of carbonyl (C=O) groups is 7. The van der Waals surface area contributed by atoms with Crippen LogP contribution in [0.25, 0.3) is 11.1 Å². The molecule has 4 fully saturated rings. The molecule has 6 rings (SSSR count). The predicted molar refractivity (Wildman–Crippen MR) is 293 cm³/mol. The van der Waals surface area contributed by atoms with E-state index in [0.29, 0.717) is 23.8 Å². The van der Waals surface area contributed by atoms with Gasteiger partial charge in [-0.25, -0.2) is 9.59 Å². The Labute approximate surface area is 459 Å². The zero-order chi connectivity index (χ0) is 57.2. The van der Waals surface area contributed by atoms with Crippen molar-refractivity contribution in [1.82, 2.24) is 37.2 Å². The Balaban J connectivity index is 1.29. The van der Waals surface area contributed by atoms with Gasteiger partial charge in [0, 0.05) is 30.3 Å². The van der Waals surface area contributed by atoms with Gasteiger partial charge in [-0.1, -0.05) is 63.6 Å². The molecule has 3 aliphatic carbocycles. The van der Waals surface area contributed by atoms with Crippen LogP contribution in [0.5, 0.6) is 0 Å². The Morgan fingerprint density at radius 3 is 1.83 bits per heavy atom. The Morgan fingerprint density at radius 1 is 0.701 bits per heavy atom. The van der Waals surface area contributed by atoms with E-state index in [9.17, 15) is 33.6 Å². The van der Waals surface area contributed by atoms with Crippen molar-refractivity contribution in [3.63, 3.8) is 0 Å². The Kier molecular flexibility index (Phi) is 21.4. The van der Waals surface area contributed by atoms with Crippen LogP contribution in [0.1, 0.15) is 139 Å². The van der Waals surface area contributed by atoms with Crippen molar-refractivity contribution in [1.29, 1.82) is 0 Å². The number of unbranched alkanes of at least 4 members (excludes halogenated alkanes) is 1. The second kappa shape index (κ2) is 26.5. The molecule has 4 aliphatic rings. The van der Waals surface area contributed by atoms with E-state index >= 15 is 0 Å². The first-order chi connectivity index (χ1) is 35.9. The molecule has 1 saturated heterocycles. The number of halogens is 1. The normalized spacial score (nSPS) is 21.8. The van der Waals surface area contributed by atoms with Crippen LogP contribution < -0.4 is 43.0 Å². The molecule has 0 radical (unpaired) electrons. The van der Waals surface area contributed by atoms with Gasteiger partial charge in [-0.15, -0.1) is 0 Å². The Morgan fingerprint density at radius 2 is 1.26 bits per heavy atom. The van der Waals surface area contributed by atoms with Gasteiger partial charge in [0.25, 0.3) is 5.91 Å². The molecule has 426 valence electrons. The summed E-state index contributed by atoms with van der Waals surface area (Å²) in [6.45, 7) is 24.1. The number of benzene rings is 2. The van der Waals surface area contributed by atoms with Crippen LogP contribution in [-0.2, 0) is 42.7 Å². The van der Waals surface area contributed by atoms with E-state index in [-0.39, 0.29) is 61.5 Å². The number of amides is 7. The molecule has 10 unspecified atom stereocenters. The van der Waals surface area contributed by atoms with E-state index in [4.69, 9.17) is 40.9 Å². The van der Waals surface area contributed by atoms with Crippen LogP contribution >= 0.6 is 11.6 Å². The van der Waals surface area contributed by atoms with E-state index in [1.54, 1.807) is 84.9 Å². The summed E-state index contributed by atoms with van der Waals surface area (Å²) in [7, 11) is -0.940. The topological polar surface area (TPSA) is 276 Å². The second-order valence-electron chi connectivity index (χ2n) is 23.8. The SMILES string of the molecule is CC(C)COC(C)C(NC(=O)C(CCNC(=O)OC(C)(C)C)NC(=O)c1ccc(-c2ccc(Cl)cc2)cc1)C(=O)NC(C)C(=O)NC(CCCCNC(=O)OC(C)(C)C)C(=O)NC(N)B1OC2CC3CC(C3(C)C)C2(C)O1. The highest BCUT2D eigenvalue weighted by Gasteiger charge is 2.68. The molecule has 1 heterocycles. The van der Waals surface area contributed by atoms with Crippen LogP contribution in [0.3, 0.4) is 0 Å². The lowest BCUT2D eigenvalue weighted by Gasteiger charge is -2.64. The van der Waals surface area contributed by atoms with Gasteiger partial charge in [-0.2, -0.15) is 0 Å². The van der Waals surface area contributed by atoms with Gasteiger partial charge in [0.15, 0.2) is 0 Å². The lowest BCUT2D eigenvalue weighted by atomic mass is 9.43. The van der Waals surface area contributed by atoms with E-state index < -0.39 is 102 Å². The zero-order valence-electron chi connectivity index (χ0n) is 47.2. The standard InChI is InChI=1S/C55H84BClN8O12/c1-31(2)30-73-33(4)43(64-46(68)40(25-27-60-51(72)75-53(8,9)10)63-45(67)36-19-17-34(18-20-36)35-21-23-38(57)24-22-35)48(70)61-32(3)44(66)62-39(16-14-15-26-59-50(71)74-52(5,6)7)47(69)65-49(58)56-76-42-29-37-28-41(54(37,11)12)55(42,13)77-56/h17-24,31-33,37,39-43,49H,14-16,25-30,58H2,1-13H3,(H,59,71)(H,60,72)(H,61,70)(H,62,66)(H,63,67)(H,64,68)(H,65,69). The quantitative estimate of drug-likeness (QED) is 0.0345. The zero-order valence-corrected chi connectivity index (χ0v) is 47.9. The van der Waals surface area contributed by atoms with Gasteiger partial charge in [-0.05, 0) is 159 Å². The van der Waals surface area contributed by atoms with Crippen LogP contribution in [0, 0.1) is 23.2 Å². The molecule has 0 aromatic heterocycles. The minimum atomic E-state index is -1.41. The van der Waals surface area contributed by atoms with Crippen molar-refractivity contribution in [3.8, 4) is 11.1 Å². The predicted octanol–water partition coefficient (Wildman–Crippen LogP) is 5.92. The first-order valence-electron chi connectivity index (χ1n) is 26.9. The van der Waals surface area contributed by atoms with Gasteiger partial charge < -0.3 is 66.5 Å². The fourth-order valence-electron chi connectivity index (χ4n) is 9.99. The molecule has 7 amide bonds. The van der Waals surface area contributed by atoms with Crippen molar-refractivity contribution in [3.05, 3.63) is 59.1 Å². The molecule has 77 heavy (non-hydrogen) atoms. The van der Waals surface area contributed by atoms with Crippen molar-refractivity contribution >= 4 is 60.4 Å². The minimum Gasteiger partial charge on any atom is -0.444 e. The molecule has 20 nitrogen and oxygen atoms in total. The fourth-order valence-corrected chi connectivity index (χ4v) is 10.1. The lowest BCUT2D eigenvalue weighted by molar-refractivity contribution is -0.199. The monoisotopic (exact) mass is 1090 g/mol. The smallest absolute Gasteiger partial charge is 0.444 e. The summed E-state index contributed by atoms with van der Waals surface area (Å²) in [6.07, 6.45) is 0.178. The van der Waals surface area contributed by atoms with Crippen LogP contribution in [0.2, 0.25) is 5.02 Å². The maximum Gasteiger partial charge on any atom is 0.497 e. The lowest BCUT2D eigenvalue weighted by Crippen LogP contribution is -2.65. The number of rotatable bonds is 24. The third-order valence-corrected chi connectivity index (χ3v) is 14.6. The molecule has 2 aromatic rings. The molecule has 0 spiro atoms.